The zero-order valence-corrected chi connectivity index (χ0v) is 17.3. The van der Waals surface area contributed by atoms with Crippen molar-refractivity contribution >= 4 is 17.7 Å². The fraction of sp³-hybridized carbons (Fsp3) is 0.348. The Kier molecular flexibility index (Phi) is 7.53. The second-order valence-electron chi connectivity index (χ2n) is 7.73. The van der Waals surface area contributed by atoms with E-state index < -0.39 is 5.97 Å². The number of rotatable bonds is 8. The molecule has 2 rings (SSSR count). The molecule has 6 heteroatoms. The number of esters is 1. The molecule has 2 aromatic carbocycles. The van der Waals surface area contributed by atoms with Gasteiger partial charge in [-0.15, -0.1) is 0 Å². The third-order valence-electron chi connectivity index (χ3n) is 4.22. The number of carbonyl (C=O) groups excluding carboxylic acids is 3. The molecule has 0 saturated heterocycles. The van der Waals surface area contributed by atoms with Gasteiger partial charge in [-0.3, -0.25) is 9.59 Å². The molecule has 2 aromatic rings. The molecule has 154 valence electrons. The number of para-hydroxylation sites is 1. The highest BCUT2D eigenvalue weighted by atomic mass is 16.6. The molecule has 0 unspecified atom stereocenters. The highest BCUT2D eigenvalue weighted by Crippen LogP contribution is 2.30. The molecule has 0 heterocycles. The number of benzene rings is 2. The molecule has 0 aliphatic heterocycles. The predicted molar refractivity (Wildman–Crippen MR) is 110 cm³/mol. The summed E-state index contributed by atoms with van der Waals surface area (Å²) in [5, 5.41) is 2.68. The Morgan fingerprint density at radius 2 is 1.59 bits per heavy atom. The van der Waals surface area contributed by atoms with Crippen molar-refractivity contribution in [3.63, 3.8) is 0 Å². The van der Waals surface area contributed by atoms with Gasteiger partial charge < -0.3 is 14.8 Å². The molecule has 0 bridgehead atoms. The van der Waals surface area contributed by atoms with Crippen LogP contribution in [0.2, 0.25) is 0 Å². The van der Waals surface area contributed by atoms with Gasteiger partial charge in [-0.1, -0.05) is 63.2 Å². The summed E-state index contributed by atoms with van der Waals surface area (Å²) in [6, 6.07) is 14.3. The van der Waals surface area contributed by atoms with Crippen LogP contribution in [0, 0.1) is 0 Å². The summed E-state index contributed by atoms with van der Waals surface area (Å²) in [6.07, 6.45) is 0. The van der Waals surface area contributed by atoms with Crippen molar-refractivity contribution in [3.8, 4) is 5.75 Å². The number of carbonyl (C=O) groups is 3. The Balaban J connectivity index is 1.83. The molecule has 0 fully saturated rings. The van der Waals surface area contributed by atoms with E-state index in [0.717, 1.165) is 11.1 Å². The van der Waals surface area contributed by atoms with E-state index in [1.165, 1.54) is 6.92 Å². The van der Waals surface area contributed by atoms with E-state index in [0.29, 0.717) is 17.9 Å². The van der Waals surface area contributed by atoms with E-state index in [-0.39, 0.29) is 30.3 Å². The molecular weight excluding hydrogens is 370 g/mol. The fourth-order valence-corrected chi connectivity index (χ4v) is 2.65. The van der Waals surface area contributed by atoms with E-state index in [2.05, 4.69) is 26.1 Å². The van der Waals surface area contributed by atoms with E-state index in [9.17, 15) is 14.4 Å². The highest BCUT2D eigenvalue weighted by Gasteiger charge is 2.19. The number of ketones is 1. The monoisotopic (exact) mass is 397 g/mol. The standard InChI is InChI=1S/C23H27NO5/c1-16(25)24-13-17-9-11-18(12-10-17)20(26)14-29-22(27)15-28-21-8-6-5-7-19(21)23(2,3)4/h5-12H,13-15H2,1-4H3,(H,24,25). The average molecular weight is 397 g/mol. The van der Waals surface area contributed by atoms with E-state index >= 15 is 0 Å². The van der Waals surface area contributed by atoms with E-state index in [4.69, 9.17) is 9.47 Å². The van der Waals surface area contributed by atoms with Gasteiger partial charge in [0.25, 0.3) is 0 Å². The van der Waals surface area contributed by atoms with E-state index in [1.54, 1.807) is 24.3 Å². The van der Waals surface area contributed by atoms with Crippen LogP contribution in [-0.2, 0) is 26.3 Å². The smallest absolute Gasteiger partial charge is 0.344 e. The van der Waals surface area contributed by atoms with Gasteiger partial charge in [-0.25, -0.2) is 4.79 Å². The summed E-state index contributed by atoms with van der Waals surface area (Å²) in [6.45, 7) is 7.41. The number of nitrogens with one attached hydrogen (secondary N) is 1. The molecule has 0 spiro atoms. The lowest BCUT2D eigenvalue weighted by atomic mass is 9.86. The summed E-state index contributed by atoms with van der Waals surface area (Å²) in [5.41, 5.74) is 2.18. The summed E-state index contributed by atoms with van der Waals surface area (Å²) in [4.78, 5) is 35.1. The second kappa shape index (κ2) is 9.87. The third-order valence-corrected chi connectivity index (χ3v) is 4.22. The molecule has 1 amide bonds. The van der Waals surface area contributed by atoms with Crippen LogP contribution < -0.4 is 10.1 Å². The van der Waals surface area contributed by atoms with Crippen molar-refractivity contribution in [2.45, 2.75) is 39.7 Å². The van der Waals surface area contributed by atoms with Crippen LogP contribution >= 0.6 is 0 Å². The van der Waals surface area contributed by atoms with Crippen molar-refractivity contribution in [1.29, 1.82) is 0 Å². The SMILES string of the molecule is CC(=O)NCc1ccc(C(=O)COC(=O)COc2ccccc2C(C)(C)C)cc1. The average Bonchev–Trinajstić information content (AvgIpc) is 2.68. The number of ether oxygens (including phenoxy) is 2. The van der Waals surface area contributed by atoms with Crippen molar-refractivity contribution in [2.24, 2.45) is 0 Å². The van der Waals surface area contributed by atoms with E-state index in [1.807, 2.05) is 24.3 Å². The maximum absolute atomic E-state index is 12.2. The van der Waals surface area contributed by atoms with Gasteiger partial charge in [0.1, 0.15) is 5.75 Å². The Labute approximate surface area is 171 Å². The molecule has 0 atom stereocenters. The first-order valence-electron chi connectivity index (χ1n) is 9.41. The molecule has 0 aliphatic carbocycles. The van der Waals surface area contributed by atoms with Gasteiger partial charge in [-0.05, 0) is 22.6 Å². The molecular formula is C23H27NO5. The minimum absolute atomic E-state index is 0.121. The van der Waals surface area contributed by atoms with Crippen molar-refractivity contribution < 1.29 is 23.9 Å². The summed E-state index contributed by atoms with van der Waals surface area (Å²) < 4.78 is 10.6. The zero-order chi connectivity index (χ0) is 21.4. The lowest BCUT2D eigenvalue weighted by molar-refractivity contribution is -0.144. The summed E-state index contributed by atoms with van der Waals surface area (Å²) in [5.74, 6) is -0.411. The van der Waals surface area contributed by atoms with Crippen LogP contribution in [0.1, 0.15) is 49.2 Å². The molecule has 0 saturated carbocycles. The topological polar surface area (TPSA) is 81.7 Å². The molecule has 0 radical (unpaired) electrons. The predicted octanol–water partition coefficient (Wildman–Crippen LogP) is 3.43. The number of hydrogen-bond donors (Lipinski definition) is 1. The lowest BCUT2D eigenvalue weighted by Crippen LogP contribution is -2.21. The van der Waals surface area contributed by atoms with Crippen LogP contribution in [0.15, 0.2) is 48.5 Å². The normalized spacial score (nSPS) is 10.9. The minimum atomic E-state index is -0.607. The third kappa shape index (κ3) is 7.07. The number of amides is 1. The number of hydrogen-bond acceptors (Lipinski definition) is 5. The van der Waals surface area contributed by atoms with Crippen molar-refractivity contribution in [3.05, 3.63) is 65.2 Å². The molecule has 6 nitrogen and oxygen atoms in total. The fourth-order valence-electron chi connectivity index (χ4n) is 2.65. The van der Waals surface area contributed by atoms with Crippen LogP contribution in [0.3, 0.4) is 0 Å². The Bertz CT molecular complexity index is 866. The first kappa shape index (κ1) is 22.1. The maximum atomic E-state index is 12.2. The minimum Gasteiger partial charge on any atom is -0.482 e. The van der Waals surface area contributed by atoms with Crippen LogP contribution in [0.4, 0.5) is 0 Å². The first-order chi connectivity index (χ1) is 13.7. The van der Waals surface area contributed by atoms with Crippen molar-refractivity contribution in [2.75, 3.05) is 13.2 Å². The van der Waals surface area contributed by atoms with Crippen LogP contribution in [0.5, 0.6) is 5.75 Å². The van der Waals surface area contributed by atoms with Crippen LogP contribution in [-0.4, -0.2) is 30.9 Å². The van der Waals surface area contributed by atoms with Crippen LogP contribution in [0.25, 0.3) is 0 Å². The lowest BCUT2D eigenvalue weighted by Gasteiger charge is -2.22. The van der Waals surface area contributed by atoms with Gasteiger partial charge >= 0.3 is 5.97 Å². The Morgan fingerprint density at radius 1 is 0.931 bits per heavy atom. The molecule has 1 N–H and O–H groups in total. The summed E-state index contributed by atoms with van der Waals surface area (Å²) >= 11 is 0. The van der Waals surface area contributed by atoms with Gasteiger partial charge in [0.2, 0.25) is 5.91 Å². The van der Waals surface area contributed by atoms with Crippen molar-refractivity contribution in [1.82, 2.24) is 5.32 Å². The molecule has 0 aliphatic rings. The maximum Gasteiger partial charge on any atom is 0.344 e. The van der Waals surface area contributed by atoms with Gasteiger partial charge in [-0.2, -0.15) is 0 Å². The van der Waals surface area contributed by atoms with Gasteiger partial charge in [0, 0.05) is 19.0 Å². The second-order valence-corrected chi connectivity index (χ2v) is 7.73. The Morgan fingerprint density at radius 3 is 2.21 bits per heavy atom. The van der Waals surface area contributed by atoms with Gasteiger partial charge in [0.05, 0.1) is 0 Å². The highest BCUT2D eigenvalue weighted by molar-refractivity contribution is 5.98. The van der Waals surface area contributed by atoms with Gasteiger partial charge in [0.15, 0.2) is 19.0 Å². The molecule has 0 aromatic heterocycles. The number of Topliss-reactive ketones (excluding diaryl/α,β-unsaturated/α-hetero) is 1. The summed E-state index contributed by atoms with van der Waals surface area (Å²) in [7, 11) is 0. The quantitative estimate of drug-likeness (QED) is 0.545. The largest absolute Gasteiger partial charge is 0.482 e. The Hall–Kier alpha value is -3.15. The first-order valence-corrected chi connectivity index (χ1v) is 9.41. The zero-order valence-electron chi connectivity index (χ0n) is 17.3. The molecule has 29 heavy (non-hydrogen) atoms.